The highest BCUT2D eigenvalue weighted by molar-refractivity contribution is 5.85. The number of carbonyl (C=O) groups is 1. The van der Waals surface area contributed by atoms with Gasteiger partial charge in [0.15, 0.2) is 5.96 Å². The summed E-state index contributed by atoms with van der Waals surface area (Å²) in [5.74, 6) is 0.704. The Labute approximate surface area is 163 Å². The molecule has 27 heavy (non-hydrogen) atoms. The molecule has 6 nitrogen and oxygen atoms in total. The molecule has 1 aromatic carbocycles. The maximum absolute atomic E-state index is 12.6. The molecule has 2 N–H and O–H groups in total. The van der Waals surface area contributed by atoms with Gasteiger partial charge in [-0.25, -0.2) is 4.99 Å². The zero-order chi connectivity index (χ0) is 19.9. The first kappa shape index (κ1) is 21.2. The Morgan fingerprint density at radius 2 is 1.96 bits per heavy atom. The monoisotopic (exact) mass is 374 g/mol. The molecule has 1 aliphatic heterocycles. The fraction of sp³-hybridized carbons (Fsp3) is 0.619. The Morgan fingerprint density at radius 1 is 1.26 bits per heavy atom. The molecule has 2 rings (SSSR count). The fourth-order valence-electron chi connectivity index (χ4n) is 3.23. The minimum Gasteiger partial charge on any atom is -0.379 e. The first-order valence-electron chi connectivity index (χ1n) is 9.74. The van der Waals surface area contributed by atoms with Gasteiger partial charge in [-0.2, -0.15) is 0 Å². The molecule has 0 aromatic heterocycles. The molecule has 1 amide bonds. The van der Waals surface area contributed by atoms with Gasteiger partial charge in [-0.1, -0.05) is 45.0 Å². The van der Waals surface area contributed by atoms with Crippen LogP contribution in [-0.2, 0) is 22.5 Å². The summed E-state index contributed by atoms with van der Waals surface area (Å²) in [5, 5.41) is 6.50. The van der Waals surface area contributed by atoms with Gasteiger partial charge in [0.2, 0.25) is 5.91 Å². The Balaban J connectivity index is 1.93. The summed E-state index contributed by atoms with van der Waals surface area (Å²) in [7, 11) is 1.72. The van der Waals surface area contributed by atoms with E-state index in [4.69, 9.17) is 4.74 Å². The van der Waals surface area contributed by atoms with E-state index >= 15 is 0 Å². The van der Waals surface area contributed by atoms with Crippen LogP contribution in [0.2, 0.25) is 0 Å². The van der Waals surface area contributed by atoms with Gasteiger partial charge in [0.05, 0.1) is 6.10 Å². The second kappa shape index (κ2) is 9.74. The molecule has 1 atom stereocenters. The van der Waals surface area contributed by atoms with Crippen molar-refractivity contribution >= 4 is 11.9 Å². The number of hydrogen-bond donors (Lipinski definition) is 2. The van der Waals surface area contributed by atoms with Crippen molar-refractivity contribution in [3.63, 3.8) is 0 Å². The summed E-state index contributed by atoms with van der Waals surface area (Å²) in [5.41, 5.74) is 2.60. The Bertz CT molecular complexity index is 652. The van der Waals surface area contributed by atoms with E-state index in [9.17, 15) is 4.79 Å². The molecule has 0 saturated heterocycles. The van der Waals surface area contributed by atoms with E-state index in [-0.39, 0.29) is 24.0 Å². The van der Waals surface area contributed by atoms with Crippen LogP contribution in [0.3, 0.4) is 0 Å². The lowest BCUT2D eigenvalue weighted by Crippen LogP contribution is -2.46. The minimum atomic E-state index is 0.0239. The summed E-state index contributed by atoms with van der Waals surface area (Å²) in [6, 6.07) is 8.32. The molecule has 1 unspecified atom stereocenters. The van der Waals surface area contributed by atoms with Crippen LogP contribution in [0.5, 0.6) is 0 Å². The first-order chi connectivity index (χ1) is 12.8. The maximum atomic E-state index is 12.6. The zero-order valence-electron chi connectivity index (χ0n) is 17.3. The van der Waals surface area contributed by atoms with E-state index in [0.717, 1.165) is 19.5 Å². The van der Waals surface area contributed by atoms with Crippen LogP contribution in [0.4, 0.5) is 0 Å². The van der Waals surface area contributed by atoms with E-state index in [1.165, 1.54) is 11.1 Å². The van der Waals surface area contributed by atoms with Crippen molar-refractivity contribution in [1.82, 2.24) is 15.5 Å². The number of guanidine groups is 1. The van der Waals surface area contributed by atoms with Gasteiger partial charge in [-0.15, -0.1) is 0 Å². The third kappa shape index (κ3) is 6.24. The number of fused-ring (bicyclic) bond motifs is 1. The van der Waals surface area contributed by atoms with Crippen molar-refractivity contribution in [3.05, 3.63) is 35.4 Å². The van der Waals surface area contributed by atoms with Gasteiger partial charge in [-0.3, -0.25) is 4.79 Å². The Morgan fingerprint density at radius 3 is 2.59 bits per heavy atom. The molecule has 0 spiro atoms. The number of hydrogen-bond acceptors (Lipinski definition) is 3. The topological polar surface area (TPSA) is 66.0 Å². The number of aliphatic imine (C=N–C) groups is 1. The quantitative estimate of drug-likeness (QED) is 0.592. The lowest BCUT2D eigenvalue weighted by Gasteiger charge is -2.30. The van der Waals surface area contributed by atoms with Crippen LogP contribution in [0.1, 0.15) is 38.8 Å². The van der Waals surface area contributed by atoms with Crippen molar-refractivity contribution in [3.8, 4) is 0 Å². The van der Waals surface area contributed by atoms with Crippen molar-refractivity contribution in [2.24, 2.45) is 10.4 Å². The second-order valence-electron chi connectivity index (χ2n) is 8.00. The molecular formula is C21H34N4O2. The summed E-state index contributed by atoms with van der Waals surface area (Å²) in [6.45, 7) is 11.4. The number of methoxy groups -OCH3 is 1. The van der Waals surface area contributed by atoms with Gasteiger partial charge in [0.1, 0.15) is 6.54 Å². The van der Waals surface area contributed by atoms with E-state index in [1.54, 1.807) is 7.11 Å². The lowest BCUT2D eigenvalue weighted by molar-refractivity contribution is -0.130. The number of carbonyl (C=O) groups excluding carboxylic acids is 1. The number of rotatable bonds is 6. The summed E-state index contributed by atoms with van der Waals surface area (Å²) >= 11 is 0. The summed E-state index contributed by atoms with van der Waals surface area (Å²) in [6.07, 6.45) is 0.959. The van der Waals surface area contributed by atoms with Crippen LogP contribution in [-0.4, -0.2) is 56.2 Å². The zero-order valence-corrected chi connectivity index (χ0v) is 17.3. The van der Waals surface area contributed by atoms with Gasteiger partial charge in [0, 0.05) is 33.3 Å². The molecule has 150 valence electrons. The van der Waals surface area contributed by atoms with Crippen LogP contribution >= 0.6 is 0 Å². The molecule has 0 fully saturated rings. The first-order valence-corrected chi connectivity index (χ1v) is 9.74. The molecular weight excluding hydrogens is 340 g/mol. The van der Waals surface area contributed by atoms with Crippen LogP contribution in [0, 0.1) is 5.41 Å². The third-order valence-electron chi connectivity index (χ3n) is 4.91. The van der Waals surface area contributed by atoms with Gasteiger partial charge >= 0.3 is 0 Å². The molecule has 0 bridgehead atoms. The Kier molecular flexibility index (Phi) is 7.66. The number of amides is 1. The molecule has 0 saturated carbocycles. The fourth-order valence-corrected chi connectivity index (χ4v) is 3.23. The van der Waals surface area contributed by atoms with E-state index in [0.29, 0.717) is 19.0 Å². The maximum Gasteiger partial charge on any atom is 0.244 e. The van der Waals surface area contributed by atoms with Gasteiger partial charge in [0.25, 0.3) is 0 Å². The Hall–Kier alpha value is -2.08. The highest BCUT2D eigenvalue weighted by atomic mass is 16.5. The SMILES string of the molecule is CCNC(=NCC(=O)N1CCc2ccccc2C1)NCC(OC)C(C)(C)C. The minimum absolute atomic E-state index is 0.0239. The van der Waals surface area contributed by atoms with Crippen molar-refractivity contribution in [2.75, 3.05) is 33.3 Å². The van der Waals surface area contributed by atoms with E-state index < -0.39 is 0 Å². The normalized spacial score (nSPS) is 15.9. The largest absolute Gasteiger partial charge is 0.379 e. The van der Waals surface area contributed by atoms with Crippen molar-refractivity contribution < 1.29 is 9.53 Å². The molecule has 0 radical (unpaired) electrons. The molecule has 6 heteroatoms. The van der Waals surface area contributed by atoms with Gasteiger partial charge < -0.3 is 20.3 Å². The van der Waals surface area contributed by atoms with Crippen LogP contribution in [0.25, 0.3) is 0 Å². The van der Waals surface area contributed by atoms with Crippen LogP contribution < -0.4 is 10.6 Å². The average Bonchev–Trinajstić information content (AvgIpc) is 2.64. The summed E-state index contributed by atoms with van der Waals surface area (Å²) in [4.78, 5) is 19.0. The smallest absolute Gasteiger partial charge is 0.244 e. The van der Waals surface area contributed by atoms with Crippen molar-refractivity contribution in [1.29, 1.82) is 0 Å². The highest BCUT2D eigenvalue weighted by Crippen LogP contribution is 2.21. The number of nitrogens with zero attached hydrogens (tertiary/aromatic N) is 2. The summed E-state index contributed by atoms with van der Waals surface area (Å²) < 4.78 is 5.58. The van der Waals surface area contributed by atoms with Gasteiger partial charge in [-0.05, 0) is 29.9 Å². The lowest BCUT2D eigenvalue weighted by atomic mass is 9.89. The standard InChI is InChI=1S/C21H34N4O2/c1-6-22-20(23-13-18(27-5)21(2,3)4)24-14-19(26)25-12-11-16-9-7-8-10-17(16)15-25/h7-10,18H,6,11-15H2,1-5H3,(H2,22,23,24). The number of ether oxygens (including phenoxy) is 1. The molecule has 1 heterocycles. The van der Waals surface area contributed by atoms with Crippen molar-refractivity contribution in [2.45, 2.75) is 46.8 Å². The molecule has 0 aliphatic carbocycles. The average molecular weight is 375 g/mol. The highest BCUT2D eigenvalue weighted by Gasteiger charge is 2.24. The number of benzene rings is 1. The predicted molar refractivity (Wildman–Crippen MR) is 110 cm³/mol. The second-order valence-corrected chi connectivity index (χ2v) is 8.00. The van der Waals surface area contributed by atoms with E-state index in [2.05, 4.69) is 54.6 Å². The predicted octanol–water partition coefficient (Wildman–Crippen LogP) is 2.19. The third-order valence-corrected chi connectivity index (χ3v) is 4.91. The van der Waals surface area contributed by atoms with Crippen LogP contribution in [0.15, 0.2) is 29.3 Å². The number of nitrogens with one attached hydrogen (secondary N) is 2. The molecule has 1 aliphatic rings. The molecule has 1 aromatic rings. The van der Waals surface area contributed by atoms with E-state index in [1.807, 2.05) is 17.9 Å².